The number of benzene rings is 1. The number of anilines is 2. The molecule has 8 nitrogen and oxygen atoms in total. The Hall–Kier alpha value is -4.02. The van der Waals surface area contributed by atoms with Gasteiger partial charge < -0.3 is 11.1 Å². The molecule has 0 spiro atoms. The molecule has 168 valence electrons. The predicted molar refractivity (Wildman–Crippen MR) is 115 cm³/mol. The summed E-state index contributed by atoms with van der Waals surface area (Å²) in [6, 6.07) is 12.4. The average molecular weight is 453 g/mol. The number of hydrogen-bond acceptors (Lipinski definition) is 6. The molecule has 1 aliphatic heterocycles. The molecule has 1 aromatic carbocycles. The van der Waals surface area contributed by atoms with Crippen molar-refractivity contribution in [1.82, 2.24) is 24.7 Å². The lowest BCUT2D eigenvalue weighted by atomic mass is 9.78. The molecule has 33 heavy (non-hydrogen) atoms. The fourth-order valence-corrected chi connectivity index (χ4v) is 4.13. The van der Waals surface area contributed by atoms with Crippen LogP contribution in [0.15, 0.2) is 48.7 Å². The minimum absolute atomic E-state index is 0.0279. The van der Waals surface area contributed by atoms with Gasteiger partial charge >= 0.3 is 6.18 Å². The van der Waals surface area contributed by atoms with E-state index in [1.54, 1.807) is 19.1 Å². The number of alkyl halides is 3. The van der Waals surface area contributed by atoms with Crippen molar-refractivity contribution in [3.63, 3.8) is 0 Å². The van der Waals surface area contributed by atoms with E-state index >= 15 is 0 Å². The number of hydrogen-bond donors (Lipinski definition) is 2. The summed E-state index contributed by atoms with van der Waals surface area (Å²) in [4.78, 5) is 26.0. The Labute approximate surface area is 185 Å². The van der Waals surface area contributed by atoms with Gasteiger partial charge in [-0.2, -0.15) is 32.9 Å². The van der Waals surface area contributed by atoms with Crippen LogP contribution in [0.2, 0.25) is 0 Å². The highest BCUT2D eigenvalue weighted by atomic mass is 19.4. The molecule has 0 fully saturated rings. The van der Waals surface area contributed by atoms with Gasteiger partial charge in [-0.25, -0.2) is 0 Å². The first kappa shape index (κ1) is 20.9. The molecule has 1 atom stereocenters. The van der Waals surface area contributed by atoms with Crippen molar-refractivity contribution in [1.29, 1.82) is 0 Å². The number of nitrogens with zero attached hydrogens (tertiary/aromatic N) is 5. The quantitative estimate of drug-likeness (QED) is 0.489. The zero-order chi connectivity index (χ0) is 23.4. The molecular formula is C22H18F3N7O. The smallest absolute Gasteiger partial charge is 0.383 e. The molecular weight excluding hydrogens is 435 g/mol. The third kappa shape index (κ3) is 3.36. The first-order chi connectivity index (χ1) is 15.7. The van der Waals surface area contributed by atoms with E-state index in [9.17, 15) is 18.0 Å². The fraction of sp³-hybridized carbons (Fsp3) is 0.227. The van der Waals surface area contributed by atoms with Gasteiger partial charge in [0, 0.05) is 19.0 Å². The summed E-state index contributed by atoms with van der Waals surface area (Å²) < 4.78 is 39.7. The topological polar surface area (TPSA) is 112 Å². The average Bonchev–Trinajstić information content (AvgIpc) is 3.28. The predicted octanol–water partition coefficient (Wildman–Crippen LogP) is 3.55. The zero-order valence-electron chi connectivity index (χ0n) is 17.4. The number of carbonyl (C=O) groups excluding carboxylic acids is 1. The minimum Gasteiger partial charge on any atom is -0.383 e. The minimum atomic E-state index is -4.33. The van der Waals surface area contributed by atoms with Gasteiger partial charge in [0.2, 0.25) is 5.91 Å². The first-order valence-electron chi connectivity index (χ1n) is 10.1. The maximum Gasteiger partial charge on any atom is 0.389 e. The standard InChI is InChI=1S/C22H18F3N7O/c1-21(12-6-3-2-4-7-12)15-17(26)28-20(30-18(15)29-19(21)33)32-14-8-5-11-27-16(14)13(31-32)9-10-22(23,24)25/h2-8,11H,9-10H2,1H3,(H3,26,28,29,30,33). The summed E-state index contributed by atoms with van der Waals surface area (Å²) >= 11 is 0. The van der Waals surface area contributed by atoms with E-state index < -0.39 is 18.0 Å². The van der Waals surface area contributed by atoms with Gasteiger partial charge in [0.15, 0.2) is 0 Å². The summed E-state index contributed by atoms with van der Waals surface area (Å²) in [7, 11) is 0. The maximum absolute atomic E-state index is 13.0. The molecule has 3 aromatic heterocycles. The van der Waals surface area contributed by atoms with Crippen molar-refractivity contribution in [2.24, 2.45) is 0 Å². The van der Waals surface area contributed by atoms with Crippen LogP contribution in [0.25, 0.3) is 17.0 Å². The molecule has 0 saturated carbocycles. The molecule has 0 radical (unpaired) electrons. The molecule has 1 amide bonds. The van der Waals surface area contributed by atoms with Gasteiger partial charge in [-0.15, -0.1) is 0 Å². The van der Waals surface area contributed by atoms with E-state index in [0.717, 1.165) is 5.56 Å². The summed E-state index contributed by atoms with van der Waals surface area (Å²) in [5.41, 5.74) is 7.31. The van der Waals surface area contributed by atoms with Crippen LogP contribution < -0.4 is 11.1 Å². The van der Waals surface area contributed by atoms with Gasteiger partial charge in [0.05, 0.1) is 16.8 Å². The van der Waals surface area contributed by atoms with Gasteiger partial charge in [0.1, 0.15) is 22.6 Å². The molecule has 4 aromatic rings. The summed E-state index contributed by atoms with van der Waals surface area (Å²) in [6.45, 7) is 1.74. The highest BCUT2D eigenvalue weighted by molar-refractivity contribution is 6.09. The van der Waals surface area contributed by atoms with Crippen molar-refractivity contribution >= 4 is 28.6 Å². The van der Waals surface area contributed by atoms with Crippen LogP contribution in [0.1, 0.15) is 30.2 Å². The van der Waals surface area contributed by atoms with Crippen LogP contribution in [-0.4, -0.2) is 36.8 Å². The molecule has 11 heteroatoms. The van der Waals surface area contributed by atoms with E-state index in [-0.39, 0.29) is 35.6 Å². The van der Waals surface area contributed by atoms with Crippen molar-refractivity contribution in [3.8, 4) is 5.95 Å². The second kappa shape index (κ2) is 7.26. The highest BCUT2D eigenvalue weighted by Crippen LogP contribution is 2.44. The van der Waals surface area contributed by atoms with Gasteiger partial charge in [0.25, 0.3) is 5.95 Å². The van der Waals surface area contributed by atoms with Crippen LogP contribution in [0.3, 0.4) is 0 Å². The Kier molecular flexibility index (Phi) is 4.59. The number of halogens is 3. The van der Waals surface area contributed by atoms with E-state index in [0.29, 0.717) is 16.6 Å². The van der Waals surface area contributed by atoms with Gasteiger partial charge in [-0.3, -0.25) is 9.78 Å². The summed E-state index contributed by atoms with van der Waals surface area (Å²) in [6.07, 6.45) is -4.22. The van der Waals surface area contributed by atoms with Crippen molar-refractivity contribution in [2.45, 2.75) is 31.4 Å². The lowest BCUT2D eigenvalue weighted by molar-refractivity contribution is -0.134. The zero-order valence-corrected chi connectivity index (χ0v) is 17.4. The molecule has 5 rings (SSSR count). The molecule has 1 unspecified atom stereocenters. The Morgan fingerprint density at radius 3 is 2.61 bits per heavy atom. The fourth-order valence-electron chi connectivity index (χ4n) is 4.13. The number of nitrogens with one attached hydrogen (secondary N) is 1. The van der Waals surface area contributed by atoms with Crippen LogP contribution in [0.4, 0.5) is 24.8 Å². The third-order valence-electron chi connectivity index (χ3n) is 5.81. The number of aromatic nitrogens is 5. The number of nitrogen functional groups attached to an aromatic ring is 1. The van der Waals surface area contributed by atoms with E-state index in [2.05, 4.69) is 25.4 Å². The first-order valence-corrected chi connectivity index (χ1v) is 10.1. The Morgan fingerprint density at radius 1 is 1.12 bits per heavy atom. The maximum atomic E-state index is 13.0. The van der Waals surface area contributed by atoms with Crippen LogP contribution >= 0.6 is 0 Å². The molecule has 3 N–H and O–H groups in total. The number of carbonyl (C=O) groups is 1. The monoisotopic (exact) mass is 453 g/mol. The van der Waals surface area contributed by atoms with Gasteiger partial charge in [-0.1, -0.05) is 30.3 Å². The number of fused-ring (bicyclic) bond motifs is 2. The highest BCUT2D eigenvalue weighted by Gasteiger charge is 2.47. The molecule has 0 saturated heterocycles. The van der Waals surface area contributed by atoms with Gasteiger partial charge in [-0.05, 0) is 24.6 Å². The molecule has 1 aliphatic rings. The van der Waals surface area contributed by atoms with Crippen LogP contribution in [-0.2, 0) is 16.6 Å². The largest absolute Gasteiger partial charge is 0.389 e. The van der Waals surface area contributed by atoms with E-state index in [1.807, 2.05) is 30.3 Å². The Morgan fingerprint density at radius 2 is 1.88 bits per heavy atom. The molecule has 4 heterocycles. The number of rotatable bonds is 4. The number of aryl methyl sites for hydroxylation is 1. The number of amides is 1. The second-order valence-electron chi connectivity index (χ2n) is 7.92. The SMILES string of the molecule is CC1(c2ccccc2)C(=O)Nc2nc(-n3nc(CCC(F)(F)F)c4ncccc43)nc(N)c21. The number of nitrogens with two attached hydrogens (primary N) is 1. The molecule has 0 aliphatic carbocycles. The normalized spacial score (nSPS) is 17.9. The Bertz CT molecular complexity index is 1380. The Balaban J connectivity index is 1.63. The van der Waals surface area contributed by atoms with E-state index in [1.165, 1.54) is 10.9 Å². The van der Waals surface area contributed by atoms with Crippen LogP contribution in [0, 0.1) is 0 Å². The van der Waals surface area contributed by atoms with Crippen molar-refractivity contribution in [3.05, 3.63) is 65.5 Å². The van der Waals surface area contributed by atoms with Crippen molar-refractivity contribution in [2.75, 3.05) is 11.1 Å². The molecule has 0 bridgehead atoms. The third-order valence-corrected chi connectivity index (χ3v) is 5.81. The van der Waals surface area contributed by atoms with Crippen LogP contribution in [0.5, 0.6) is 0 Å². The lowest BCUT2D eigenvalue weighted by Gasteiger charge is -2.23. The summed E-state index contributed by atoms with van der Waals surface area (Å²) in [5, 5.41) is 7.07. The second-order valence-corrected chi connectivity index (χ2v) is 7.92. The number of pyridine rings is 1. The van der Waals surface area contributed by atoms with E-state index in [4.69, 9.17) is 5.73 Å². The van der Waals surface area contributed by atoms with Crippen molar-refractivity contribution < 1.29 is 18.0 Å². The summed E-state index contributed by atoms with van der Waals surface area (Å²) in [5.74, 6) is 0.0298. The lowest BCUT2D eigenvalue weighted by Crippen LogP contribution is -2.32.